The minimum atomic E-state index is -0.927. The number of anilines is 1. The zero-order valence-corrected chi connectivity index (χ0v) is 10.4. The third-order valence-electron chi connectivity index (χ3n) is 2.55. The second-order valence-corrected chi connectivity index (χ2v) is 3.97. The Hall–Kier alpha value is -2.49. The number of nitrogens with one attached hydrogen (secondary N) is 1. The van der Waals surface area contributed by atoms with E-state index in [0.29, 0.717) is 13.2 Å². The van der Waals surface area contributed by atoms with Gasteiger partial charge in [0.1, 0.15) is 12.4 Å². The summed E-state index contributed by atoms with van der Waals surface area (Å²) in [7, 11) is 0. The second kappa shape index (κ2) is 6.44. The van der Waals surface area contributed by atoms with Crippen LogP contribution in [-0.2, 0) is 0 Å². The third kappa shape index (κ3) is 4.03. The van der Waals surface area contributed by atoms with Gasteiger partial charge in [0.2, 0.25) is 0 Å². The summed E-state index contributed by atoms with van der Waals surface area (Å²) in [5, 5.41) is 12.0. The second-order valence-electron chi connectivity index (χ2n) is 3.97. The summed E-state index contributed by atoms with van der Waals surface area (Å²) in [6.07, 6.45) is 0. The summed E-state index contributed by atoms with van der Waals surface area (Å²) >= 11 is 0. The molecule has 0 aliphatic rings. The Bertz CT molecular complexity index is 540. The molecule has 0 atom stereocenters. The molecule has 0 heterocycles. The third-order valence-corrected chi connectivity index (χ3v) is 2.55. The van der Waals surface area contributed by atoms with E-state index in [1.807, 2.05) is 36.4 Å². The fraction of sp³-hybridized carbons (Fsp3) is 0.133. The van der Waals surface area contributed by atoms with E-state index in [9.17, 15) is 4.79 Å². The van der Waals surface area contributed by atoms with Crippen LogP contribution in [0.5, 0.6) is 5.75 Å². The van der Waals surface area contributed by atoms with Crippen molar-refractivity contribution in [1.82, 2.24) is 0 Å². The summed E-state index contributed by atoms with van der Waals surface area (Å²) in [4.78, 5) is 10.8. The van der Waals surface area contributed by atoms with Crippen molar-refractivity contribution in [2.45, 2.75) is 0 Å². The molecule has 4 heteroatoms. The lowest BCUT2D eigenvalue weighted by atomic mass is 10.2. The molecule has 2 aromatic carbocycles. The predicted molar refractivity (Wildman–Crippen MR) is 73.8 cm³/mol. The van der Waals surface area contributed by atoms with Gasteiger partial charge in [0.25, 0.3) is 0 Å². The minimum Gasteiger partial charge on any atom is -0.492 e. The monoisotopic (exact) mass is 257 g/mol. The van der Waals surface area contributed by atoms with Crippen LogP contribution in [0.2, 0.25) is 0 Å². The molecule has 98 valence electrons. The maximum atomic E-state index is 10.8. The molecule has 2 rings (SSSR count). The van der Waals surface area contributed by atoms with E-state index < -0.39 is 5.97 Å². The van der Waals surface area contributed by atoms with E-state index in [-0.39, 0.29) is 5.56 Å². The normalized spacial score (nSPS) is 9.89. The molecule has 0 aliphatic heterocycles. The van der Waals surface area contributed by atoms with E-state index in [4.69, 9.17) is 9.84 Å². The highest BCUT2D eigenvalue weighted by molar-refractivity contribution is 5.88. The number of hydrogen-bond donors (Lipinski definition) is 2. The molecule has 4 nitrogen and oxygen atoms in total. The number of ether oxygens (including phenoxy) is 1. The number of carboxylic acids is 1. The van der Waals surface area contributed by atoms with Crippen LogP contribution in [0.3, 0.4) is 0 Å². The van der Waals surface area contributed by atoms with Crippen molar-refractivity contribution in [3.05, 3.63) is 60.2 Å². The molecular weight excluding hydrogens is 242 g/mol. The van der Waals surface area contributed by atoms with Crippen LogP contribution in [0.4, 0.5) is 5.69 Å². The van der Waals surface area contributed by atoms with Gasteiger partial charge in [-0.2, -0.15) is 0 Å². The highest BCUT2D eigenvalue weighted by Crippen LogP contribution is 2.11. The maximum Gasteiger partial charge on any atom is 0.335 e. The Kier molecular flexibility index (Phi) is 4.39. The van der Waals surface area contributed by atoms with Crippen LogP contribution >= 0.6 is 0 Å². The molecule has 0 amide bonds. The summed E-state index contributed by atoms with van der Waals surface area (Å²) < 4.78 is 5.53. The predicted octanol–water partition coefficient (Wildman–Crippen LogP) is 2.88. The van der Waals surface area contributed by atoms with Crippen molar-refractivity contribution in [3.63, 3.8) is 0 Å². The van der Waals surface area contributed by atoms with Gasteiger partial charge >= 0.3 is 5.97 Å². The van der Waals surface area contributed by atoms with E-state index >= 15 is 0 Å². The lowest BCUT2D eigenvalue weighted by molar-refractivity contribution is 0.0697. The summed E-state index contributed by atoms with van der Waals surface area (Å²) in [6, 6.07) is 16.3. The summed E-state index contributed by atoms with van der Waals surface area (Å²) in [5.41, 5.74) is 1.05. The van der Waals surface area contributed by atoms with Gasteiger partial charge in [0, 0.05) is 12.2 Å². The van der Waals surface area contributed by atoms with Crippen molar-refractivity contribution in [2.75, 3.05) is 18.5 Å². The van der Waals surface area contributed by atoms with E-state index in [1.165, 1.54) is 0 Å². The van der Waals surface area contributed by atoms with Crippen LogP contribution in [0.1, 0.15) is 10.4 Å². The highest BCUT2D eigenvalue weighted by Gasteiger charge is 2.02. The Morgan fingerprint density at radius 3 is 2.63 bits per heavy atom. The molecule has 19 heavy (non-hydrogen) atoms. The summed E-state index contributed by atoms with van der Waals surface area (Å²) in [6.45, 7) is 1.12. The fourth-order valence-corrected chi connectivity index (χ4v) is 1.64. The Labute approximate surface area is 111 Å². The highest BCUT2D eigenvalue weighted by atomic mass is 16.5. The average molecular weight is 257 g/mol. The van der Waals surface area contributed by atoms with E-state index in [1.54, 1.807) is 18.2 Å². The quantitative estimate of drug-likeness (QED) is 0.781. The van der Waals surface area contributed by atoms with Crippen LogP contribution in [0.15, 0.2) is 54.6 Å². The molecule has 2 N–H and O–H groups in total. The molecule has 0 aromatic heterocycles. The van der Waals surface area contributed by atoms with Crippen molar-refractivity contribution >= 4 is 11.7 Å². The molecule has 2 aromatic rings. The number of benzene rings is 2. The van der Waals surface area contributed by atoms with Crippen LogP contribution < -0.4 is 10.1 Å². The van der Waals surface area contributed by atoms with E-state index in [2.05, 4.69) is 5.32 Å². The standard InChI is InChI=1S/C15H15NO3/c17-15(18)12-5-4-6-13(11-12)16-9-10-19-14-7-2-1-3-8-14/h1-8,11,16H,9-10H2,(H,17,18). The minimum absolute atomic E-state index is 0.272. The van der Waals surface area contributed by atoms with Gasteiger partial charge in [-0.1, -0.05) is 24.3 Å². The van der Waals surface area contributed by atoms with Gasteiger partial charge in [-0.05, 0) is 30.3 Å². The van der Waals surface area contributed by atoms with Crippen molar-refractivity contribution in [3.8, 4) is 5.75 Å². The largest absolute Gasteiger partial charge is 0.492 e. The number of carbonyl (C=O) groups is 1. The molecule has 0 radical (unpaired) electrons. The van der Waals surface area contributed by atoms with Gasteiger partial charge < -0.3 is 15.2 Å². The molecular formula is C15H15NO3. The Morgan fingerprint density at radius 2 is 1.89 bits per heavy atom. The number of aromatic carboxylic acids is 1. The first-order chi connectivity index (χ1) is 9.25. The van der Waals surface area contributed by atoms with Crippen molar-refractivity contribution in [1.29, 1.82) is 0 Å². The van der Waals surface area contributed by atoms with Gasteiger partial charge in [-0.15, -0.1) is 0 Å². The van der Waals surface area contributed by atoms with Gasteiger partial charge in [-0.3, -0.25) is 0 Å². The molecule has 0 unspecified atom stereocenters. The Balaban J connectivity index is 1.80. The zero-order chi connectivity index (χ0) is 13.5. The van der Waals surface area contributed by atoms with Gasteiger partial charge in [-0.25, -0.2) is 4.79 Å². The first-order valence-electron chi connectivity index (χ1n) is 6.01. The first-order valence-corrected chi connectivity index (χ1v) is 6.01. The average Bonchev–Trinajstić information content (AvgIpc) is 2.45. The van der Waals surface area contributed by atoms with Crippen molar-refractivity contribution in [2.24, 2.45) is 0 Å². The number of rotatable bonds is 6. The van der Waals surface area contributed by atoms with E-state index in [0.717, 1.165) is 11.4 Å². The van der Waals surface area contributed by atoms with Gasteiger partial charge in [0.05, 0.1) is 5.56 Å². The van der Waals surface area contributed by atoms with Crippen LogP contribution in [-0.4, -0.2) is 24.2 Å². The molecule has 0 spiro atoms. The molecule has 0 aliphatic carbocycles. The smallest absolute Gasteiger partial charge is 0.335 e. The number of hydrogen-bond acceptors (Lipinski definition) is 3. The van der Waals surface area contributed by atoms with Crippen molar-refractivity contribution < 1.29 is 14.6 Å². The number of carboxylic acid groups (broad SMARTS) is 1. The lowest BCUT2D eigenvalue weighted by Gasteiger charge is -2.08. The molecule has 0 saturated carbocycles. The maximum absolute atomic E-state index is 10.8. The van der Waals surface area contributed by atoms with Gasteiger partial charge in [0.15, 0.2) is 0 Å². The lowest BCUT2D eigenvalue weighted by Crippen LogP contribution is -2.11. The fourth-order valence-electron chi connectivity index (χ4n) is 1.64. The molecule has 0 saturated heterocycles. The molecule has 0 bridgehead atoms. The summed E-state index contributed by atoms with van der Waals surface area (Å²) in [5.74, 6) is -0.104. The Morgan fingerprint density at radius 1 is 1.11 bits per heavy atom. The first kappa shape index (κ1) is 13.0. The topological polar surface area (TPSA) is 58.6 Å². The van der Waals surface area contributed by atoms with Crippen LogP contribution in [0, 0.1) is 0 Å². The zero-order valence-electron chi connectivity index (χ0n) is 10.4. The number of para-hydroxylation sites is 1. The molecule has 0 fully saturated rings. The SMILES string of the molecule is O=C(O)c1cccc(NCCOc2ccccc2)c1. The van der Waals surface area contributed by atoms with Crippen LogP contribution in [0.25, 0.3) is 0 Å².